The van der Waals surface area contributed by atoms with Crippen LogP contribution in [0.3, 0.4) is 0 Å². The average molecular weight is 331 g/mol. The highest BCUT2D eigenvalue weighted by Gasteiger charge is 2.35. The van der Waals surface area contributed by atoms with Gasteiger partial charge in [-0.1, -0.05) is 30.6 Å². The van der Waals surface area contributed by atoms with Crippen molar-refractivity contribution < 1.29 is 13.9 Å². The zero-order valence-electron chi connectivity index (χ0n) is 13.5. The number of benzene rings is 1. The predicted octanol–water partition coefficient (Wildman–Crippen LogP) is 2.44. The molecule has 126 valence electrons. The van der Waals surface area contributed by atoms with Gasteiger partial charge in [-0.05, 0) is 41.5 Å². The second-order valence-electron chi connectivity index (χ2n) is 5.39. The normalized spacial score (nSPS) is 16.5. The van der Waals surface area contributed by atoms with Crippen molar-refractivity contribution in [2.24, 2.45) is 0 Å². The van der Waals surface area contributed by atoms with Crippen LogP contribution in [0, 0.1) is 5.82 Å². The Balaban J connectivity index is 2.15. The van der Waals surface area contributed by atoms with Crippen molar-refractivity contribution >= 4 is 11.9 Å². The van der Waals surface area contributed by atoms with Crippen molar-refractivity contribution in [2.45, 2.75) is 32.7 Å². The summed E-state index contributed by atoms with van der Waals surface area (Å²) in [5.41, 5.74) is 1.89. The molecule has 0 spiro atoms. The SMILES string of the molecule is CCCC1=C(C(=O)OCC)[C@@H](c2ccc(F)cc2)n2nnnc2N1. The van der Waals surface area contributed by atoms with Gasteiger partial charge in [-0.25, -0.2) is 9.18 Å². The summed E-state index contributed by atoms with van der Waals surface area (Å²) < 4.78 is 20.0. The molecule has 1 aliphatic rings. The molecule has 0 saturated carbocycles. The fourth-order valence-electron chi connectivity index (χ4n) is 2.78. The zero-order valence-corrected chi connectivity index (χ0v) is 13.5. The van der Waals surface area contributed by atoms with Crippen LogP contribution < -0.4 is 5.32 Å². The maximum Gasteiger partial charge on any atom is 0.338 e. The molecular weight excluding hydrogens is 313 g/mol. The topological polar surface area (TPSA) is 81.9 Å². The largest absolute Gasteiger partial charge is 0.463 e. The molecule has 3 rings (SSSR count). The van der Waals surface area contributed by atoms with E-state index in [9.17, 15) is 9.18 Å². The maximum atomic E-state index is 13.3. The van der Waals surface area contributed by atoms with Crippen molar-refractivity contribution in [1.82, 2.24) is 20.2 Å². The van der Waals surface area contributed by atoms with Crippen LogP contribution in [-0.2, 0) is 9.53 Å². The number of halogens is 1. The Hall–Kier alpha value is -2.77. The summed E-state index contributed by atoms with van der Waals surface area (Å²) in [5, 5.41) is 14.7. The van der Waals surface area contributed by atoms with E-state index in [0.717, 1.165) is 12.1 Å². The Bertz CT molecular complexity index is 769. The highest BCUT2D eigenvalue weighted by molar-refractivity contribution is 5.92. The van der Waals surface area contributed by atoms with Crippen molar-refractivity contribution in [1.29, 1.82) is 0 Å². The minimum Gasteiger partial charge on any atom is -0.463 e. The molecule has 0 aliphatic carbocycles. The fraction of sp³-hybridized carbons (Fsp3) is 0.375. The number of allylic oxidation sites excluding steroid dienone is 1. The van der Waals surface area contributed by atoms with E-state index in [1.807, 2.05) is 6.92 Å². The molecule has 0 bridgehead atoms. The van der Waals surface area contributed by atoms with E-state index in [4.69, 9.17) is 4.74 Å². The van der Waals surface area contributed by atoms with E-state index < -0.39 is 12.0 Å². The Morgan fingerprint density at radius 2 is 2.08 bits per heavy atom. The summed E-state index contributed by atoms with van der Waals surface area (Å²) >= 11 is 0. The van der Waals surface area contributed by atoms with Crippen LogP contribution in [0.4, 0.5) is 10.3 Å². The van der Waals surface area contributed by atoms with Crippen LogP contribution in [0.2, 0.25) is 0 Å². The third kappa shape index (κ3) is 2.86. The van der Waals surface area contributed by atoms with Crippen LogP contribution >= 0.6 is 0 Å². The van der Waals surface area contributed by atoms with Crippen LogP contribution in [0.15, 0.2) is 35.5 Å². The number of nitrogens with zero attached hydrogens (tertiary/aromatic N) is 4. The van der Waals surface area contributed by atoms with E-state index in [1.165, 1.54) is 16.8 Å². The lowest BCUT2D eigenvalue weighted by molar-refractivity contribution is -0.139. The van der Waals surface area contributed by atoms with Gasteiger partial charge in [-0.3, -0.25) is 0 Å². The number of aromatic nitrogens is 4. The standard InChI is InChI=1S/C16H18FN5O2/c1-3-5-12-13(15(23)24-4-2)14(10-6-8-11(17)9-7-10)22-16(18-12)19-20-21-22/h6-9,14H,3-5H2,1-2H3,(H,18,19,21)/t14-/m1/s1. The molecule has 1 aromatic carbocycles. The second kappa shape index (κ2) is 6.77. The molecule has 0 amide bonds. The first-order valence-electron chi connectivity index (χ1n) is 7.86. The van der Waals surface area contributed by atoms with Crippen LogP contribution in [0.1, 0.15) is 38.3 Å². The van der Waals surface area contributed by atoms with Crippen LogP contribution in [-0.4, -0.2) is 32.8 Å². The number of carbonyl (C=O) groups excluding carboxylic acids is 1. The lowest BCUT2D eigenvalue weighted by Gasteiger charge is -2.28. The fourth-order valence-corrected chi connectivity index (χ4v) is 2.78. The molecule has 0 fully saturated rings. The molecule has 24 heavy (non-hydrogen) atoms. The van der Waals surface area contributed by atoms with E-state index in [1.54, 1.807) is 19.1 Å². The van der Waals surface area contributed by atoms with Gasteiger partial charge in [0.05, 0.1) is 12.2 Å². The Kier molecular flexibility index (Phi) is 4.54. The van der Waals surface area contributed by atoms with Crippen LogP contribution in [0.25, 0.3) is 0 Å². The molecule has 0 radical (unpaired) electrons. The van der Waals surface area contributed by atoms with E-state index >= 15 is 0 Å². The molecule has 1 atom stereocenters. The van der Waals surface area contributed by atoms with Gasteiger partial charge in [0.25, 0.3) is 0 Å². The van der Waals surface area contributed by atoms with E-state index in [2.05, 4.69) is 20.8 Å². The summed E-state index contributed by atoms with van der Waals surface area (Å²) in [6.45, 7) is 4.03. The number of anilines is 1. The number of carbonyl (C=O) groups is 1. The van der Waals surface area contributed by atoms with Gasteiger partial charge in [0, 0.05) is 5.70 Å². The van der Waals surface area contributed by atoms with Gasteiger partial charge in [-0.2, -0.15) is 4.68 Å². The van der Waals surface area contributed by atoms with Crippen molar-refractivity contribution in [2.75, 3.05) is 11.9 Å². The Morgan fingerprint density at radius 1 is 1.33 bits per heavy atom. The minimum absolute atomic E-state index is 0.264. The molecule has 2 aromatic rings. The first-order chi connectivity index (χ1) is 11.7. The third-order valence-electron chi connectivity index (χ3n) is 3.78. The van der Waals surface area contributed by atoms with Crippen molar-refractivity contribution in [3.63, 3.8) is 0 Å². The second-order valence-corrected chi connectivity index (χ2v) is 5.39. The molecule has 1 aromatic heterocycles. The quantitative estimate of drug-likeness (QED) is 0.848. The van der Waals surface area contributed by atoms with Gasteiger partial charge in [-0.15, -0.1) is 0 Å². The highest BCUT2D eigenvalue weighted by Crippen LogP contribution is 2.36. The number of fused-ring (bicyclic) bond motifs is 1. The molecule has 1 aliphatic heterocycles. The maximum absolute atomic E-state index is 13.3. The first kappa shape index (κ1) is 16.1. The van der Waals surface area contributed by atoms with Crippen LogP contribution in [0.5, 0.6) is 0 Å². The number of ether oxygens (including phenoxy) is 1. The Labute approximate surface area is 138 Å². The van der Waals surface area contributed by atoms with Gasteiger partial charge < -0.3 is 10.1 Å². The minimum atomic E-state index is -0.558. The zero-order chi connectivity index (χ0) is 17.1. The number of nitrogens with one attached hydrogen (secondary N) is 1. The molecule has 2 heterocycles. The third-order valence-corrected chi connectivity index (χ3v) is 3.78. The smallest absolute Gasteiger partial charge is 0.338 e. The number of tetrazole rings is 1. The first-order valence-corrected chi connectivity index (χ1v) is 7.86. The predicted molar refractivity (Wildman–Crippen MR) is 84.5 cm³/mol. The van der Waals surface area contributed by atoms with Gasteiger partial charge in [0.2, 0.25) is 5.95 Å². The summed E-state index contributed by atoms with van der Waals surface area (Å²) in [6, 6.07) is 5.39. The number of esters is 1. The summed E-state index contributed by atoms with van der Waals surface area (Å²) in [5.74, 6) is -0.329. The molecule has 7 nitrogen and oxygen atoms in total. The lowest BCUT2D eigenvalue weighted by atomic mass is 9.94. The number of rotatable bonds is 5. The molecule has 8 heteroatoms. The van der Waals surface area contributed by atoms with Crippen molar-refractivity contribution in [3.05, 3.63) is 46.9 Å². The van der Waals surface area contributed by atoms with Crippen molar-refractivity contribution in [3.8, 4) is 0 Å². The molecular formula is C16H18FN5O2. The van der Waals surface area contributed by atoms with Gasteiger partial charge in [0.15, 0.2) is 0 Å². The Morgan fingerprint density at radius 3 is 2.75 bits per heavy atom. The summed E-state index contributed by atoms with van der Waals surface area (Å²) in [7, 11) is 0. The summed E-state index contributed by atoms with van der Waals surface area (Å²) in [6.07, 6.45) is 1.49. The highest BCUT2D eigenvalue weighted by atomic mass is 19.1. The van der Waals surface area contributed by atoms with Gasteiger partial charge in [0.1, 0.15) is 11.9 Å². The van der Waals surface area contributed by atoms with Gasteiger partial charge >= 0.3 is 5.97 Å². The monoisotopic (exact) mass is 331 g/mol. The molecule has 1 N–H and O–H groups in total. The lowest BCUT2D eigenvalue weighted by Crippen LogP contribution is -2.30. The molecule has 0 saturated heterocycles. The average Bonchev–Trinajstić information content (AvgIpc) is 3.03. The van der Waals surface area contributed by atoms with E-state index in [0.29, 0.717) is 23.5 Å². The number of hydrogen-bond donors (Lipinski definition) is 1. The van der Waals surface area contributed by atoms with E-state index in [-0.39, 0.29) is 12.4 Å². The molecule has 0 unspecified atom stereocenters. The number of hydrogen-bond acceptors (Lipinski definition) is 6. The summed E-state index contributed by atoms with van der Waals surface area (Å²) in [4.78, 5) is 12.6.